The lowest BCUT2D eigenvalue weighted by Crippen LogP contribution is -1.98. The predicted molar refractivity (Wildman–Crippen MR) is 63.2 cm³/mol. The molecule has 1 unspecified atom stereocenters. The zero-order chi connectivity index (χ0) is 11.5. The summed E-state index contributed by atoms with van der Waals surface area (Å²) in [4.78, 5) is 4.25. The van der Waals surface area contributed by atoms with Crippen LogP contribution in [0.25, 0.3) is 0 Å². The Kier molecular flexibility index (Phi) is 3.20. The first kappa shape index (κ1) is 11.1. The third kappa shape index (κ3) is 2.39. The summed E-state index contributed by atoms with van der Waals surface area (Å²) in [5, 5.41) is 0.620. The number of aromatic nitrogens is 1. The zero-order valence-corrected chi connectivity index (χ0v) is 9.58. The van der Waals surface area contributed by atoms with Crippen LogP contribution < -0.4 is 0 Å². The van der Waals surface area contributed by atoms with E-state index in [0.717, 1.165) is 11.3 Å². The second-order valence-electron chi connectivity index (χ2n) is 3.67. The molecule has 0 saturated carbocycles. The van der Waals surface area contributed by atoms with Crippen LogP contribution in [-0.4, -0.2) is 4.98 Å². The molecule has 0 aliphatic heterocycles. The largest absolute Gasteiger partial charge is 0.259 e. The topological polar surface area (TPSA) is 12.9 Å². The van der Waals surface area contributed by atoms with E-state index < -0.39 is 0 Å². The molecule has 0 fully saturated rings. The maximum absolute atomic E-state index is 12.8. The van der Waals surface area contributed by atoms with Gasteiger partial charge < -0.3 is 0 Å². The normalized spacial score (nSPS) is 12.4. The van der Waals surface area contributed by atoms with Crippen molar-refractivity contribution in [2.45, 2.75) is 12.8 Å². The molecular formula is C13H11ClFN. The second-order valence-corrected chi connectivity index (χ2v) is 4.11. The quantitative estimate of drug-likeness (QED) is 0.766. The molecule has 2 rings (SSSR count). The van der Waals surface area contributed by atoms with Crippen molar-refractivity contribution in [1.29, 1.82) is 0 Å². The van der Waals surface area contributed by atoms with Gasteiger partial charge in [-0.3, -0.25) is 4.98 Å². The summed E-state index contributed by atoms with van der Waals surface area (Å²) in [6, 6.07) is 10.2. The molecule has 3 heteroatoms. The minimum Gasteiger partial charge on any atom is -0.259 e. The maximum atomic E-state index is 12.8. The van der Waals surface area contributed by atoms with Crippen LogP contribution in [0.15, 0.2) is 42.6 Å². The van der Waals surface area contributed by atoms with Crippen LogP contribution >= 0.6 is 11.6 Å². The number of nitrogens with zero attached hydrogens (tertiary/aromatic N) is 1. The fourth-order valence-corrected chi connectivity index (χ4v) is 1.68. The molecule has 0 aliphatic carbocycles. The highest BCUT2D eigenvalue weighted by atomic mass is 35.5. The van der Waals surface area contributed by atoms with Crippen molar-refractivity contribution in [3.05, 3.63) is 64.7 Å². The van der Waals surface area contributed by atoms with Gasteiger partial charge in [-0.15, -0.1) is 0 Å². The monoisotopic (exact) mass is 235 g/mol. The molecule has 0 aliphatic rings. The Labute approximate surface area is 98.9 Å². The van der Waals surface area contributed by atoms with Gasteiger partial charge in [0.25, 0.3) is 0 Å². The Balaban J connectivity index is 2.28. The molecule has 1 atom stereocenters. The molecule has 0 spiro atoms. The maximum Gasteiger partial charge on any atom is 0.123 e. The molecule has 0 amide bonds. The first-order chi connectivity index (χ1) is 7.66. The van der Waals surface area contributed by atoms with Crippen LogP contribution in [0.1, 0.15) is 24.1 Å². The van der Waals surface area contributed by atoms with Gasteiger partial charge in [0.1, 0.15) is 5.82 Å². The van der Waals surface area contributed by atoms with E-state index in [1.54, 1.807) is 18.3 Å². The van der Waals surface area contributed by atoms with Crippen molar-refractivity contribution in [1.82, 2.24) is 4.98 Å². The predicted octanol–water partition coefficient (Wildman–Crippen LogP) is 4.03. The summed E-state index contributed by atoms with van der Waals surface area (Å²) in [7, 11) is 0. The Morgan fingerprint density at radius 2 is 1.81 bits per heavy atom. The molecular weight excluding hydrogens is 225 g/mol. The lowest BCUT2D eigenvalue weighted by molar-refractivity contribution is 0.626. The number of hydrogen-bond acceptors (Lipinski definition) is 1. The Morgan fingerprint density at radius 3 is 2.38 bits per heavy atom. The second kappa shape index (κ2) is 4.62. The van der Waals surface area contributed by atoms with Crippen molar-refractivity contribution in [2.24, 2.45) is 0 Å². The smallest absolute Gasteiger partial charge is 0.123 e. The van der Waals surface area contributed by atoms with Gasteiger partial charge in [-0.2, -0.15) is 0 Å². The molecule has 2 aromatic rings. The molecule has 1 nitrogen and oxygen atoms in total. The Morgan fingerprint density at radius 1 is 1.12 bits per heavy atom. The van der Waals surface area contributed by atoms with Crippen LogP contribution in [0.4, 0.5) is 4.39 Å². The van der Waals surface area contributed by atoms with E-state index in [9.17, 15) is 4.39 Å². The van der Waals surface area contributed by atoms with Gasteiger partial charge >= 0.3 is 0 Å². The third-order valence-electron chi connectivity index (χ3n) is 2.56. The number of rotatable bonds is 2. The molecule has 0 saturated heterocycles. The standard InChI is InChI=1S/C13H11ClFN/c1-9(10-2-5-12(15)6-3-10)13-7-4-11(14)8-16-13/h2-9H,1H3. The fraction of sp³-hybridized carbons (Fsp3) is 0.154. The number of pyridine rings is 1. The molecule has 1 aromatic carbocycles. The average Bonchev–Trinajstić information content (AvgIpc) is 2.30. The van der Waals surface area contributed by atoms with Crippen LogP contribution in [0, 0.1) is 5.82 Å². The van der Waals surface area contributed by atoms with Crippen molar-refractivity contribution < 1.29 is 4.39 Å². The van der Waals surface area contributed by atoms with E-state index in [0.29, 0.717) is 5.02 Å². The third-order valence-corrected chi connectivity index (χ3v) is 2.79. The van der Waals surface area contributed by atoms with Gasteiger partial charge in [0.15, 0.2) is 0 Å². The number of benzene rings is 1. The minimum atomic E-state index is -0.222. The van der Waals surface area contributed by atoms with Crippen LogP contribution in [0.2, 0.25) is 5.02 Å². The summed E-state index contributed by atoms with van der Waals surface area (Å²) in [5.41, 5.74) is 1.97. The van der Waals surface area contributed by atoms with Crippen LogP contribution in [-0.2, 0) is 0 Å². The highest BCUT2D eigenvalue weighted by molar-refractivity contribution is 6.30. The van der Waals surface area contributed by atoms with E-state index in [1.807, 2.05) is 19.1 Å². The minimum absolute atomic E-state index is 0.137. The van der Waals surface area contributed by atoms with E-state index in [-0.39, 0.29) is 11.7 Å². The molecule has 1 heterocycles. The van der Waals surface area contributed by atoms with Crippen LogP contribution in [0.5, 0.6) is 0 Å². The van der Waals surface area contributed by atoms with Crippen molar-refractivity contribution in [3.8, 4) is 0 Å². The van der Waals surface area contributed by atoms with E-state index in [1.165, 1.54) is 12.1 Å². The van der Waals surface area contributed by atoms with Crippen molar-refractivity contribution in [3.63, 3.8) is 0 Å². The van der Waals surface area contributed by atoms with E-state index >= 15 is 0 Å². The fourth-order valence-electron chi connectivity index (χ4n) is 1.57. The summed E-state index contributed by atoms with van der Waals surface area (Å²) in [6.07, 6.45) is 1.62. The van der Waals surface area contributed by atoms with E-state index in [4.69, 9.17) is 11.6 Å². The van der Waals surface area contributed by atoms with Crippen LogP contribution in [0.3, 0.4) is 0 Å². The molecule has 82 valence electrons. The summed E-state index contributed by atoms with van der Waals surface area (Å²) in [6.45, 7) is 2.03. The number of hydrogen-bond donors (Lipinski definition) is 0. The lowest BCUT2D eigenvalue weighted by Gasteiger charge is -2.11. The van der Waals surface area contributed by atoms with Crippen molar-refractivity contribution >= 4 is 11.6 Å². The zero-order valence-electron chi connectivity index (χ0n) is 8.82. The average molecular weight is 236 g/mol. The first-order valence-electron chi connectivity index (χ1n) is 5.04. The van der Waals surface area contributed by atoms with Crippen molar-refractivity contribution in [2.75, 3.05) is 0 Å². The molecule has 0 bridgehead atoms. The molecule has 1 aromatic heterocycles. The summed E-state index contributed by atoms with van der Waals surface area (Å²) >= 11 is 5.77. The molecule has 0 N–H and O–H groups in total. The SMILES string of the molecule is CC(c1ccc(F)cc1)c1ccc(Cl)cn1. The molecule has 0 radical (unpaired) electrons. The number of halogens is 2. The summed E-state index contributed by atoms with van der Waals surface area (Å²) < 4.78 is 12.8. The highest BCUT2D eigenvalue weighted by Crippen LogP contribution is 2.23. The van der Waals surface area contributed by atoms with Gasteiger partial charge in [-0.25, -0.2) is 4.39 Å². The van der Waals surface area contributed by atoms with Gasteiger partial charge in [-0.1, -0.05) is 30.7 Å². The van der Waals surface area contributed by atoms with E-state index in [2.05, 4.69) is 4.98 Å². The molecule has 16 heavy (non-hydrogen) atoms. The highest BCUT2D eigenvalue weighted by Gasteiger charge is 2.09. The van der Waals surface area contributed by atoms with Gasteiger partial charge in [0.2, 0.25) is 0 Å². The first-order valence-corrected chi connectivity index (χ1v) is 5.41. The van der Waals surface area contributed by atoms with Gasteiger partial charge in [0.05, 0.1) is 5.02 Å². The Hall–Kier alpha value is -1.41. The summed E-state index contributed by atoms with van der Waals surface area (Å²) in [5.74, 6) is -0.0853. The van der Waals surface area contributed by atoms with Gasteiger partial charge in [0, 0.05) is 17.8 Å². The Bertz CT molecular complexity index is 419. The lowest BCUT2D eigenvalue weighted by atomic mass is 9.97. The van der Waals surface area contributed by atoms with Gasteiger partial charge in [-0.05, 0) is 29.8 Å².